The van der Waals surface area contributed by atoms with Crippen LogP contribution in [0.3, 0.4) is 0 Å². The molecule has 3 unspecified atom stereocenters. The number of thiophene rings is 1. The van der Waals surface area contributed by atoms with Gasteiger partial charge in [0.15, 0.2) is 5.78 Å². The zero-order chi connectivity index (χ0) is 22.0. The van der Waals surface area contributed by atoms with Gasteiger partial charge in [-0.15, -0.1) is 11.3 Å². The number of carbonyl (C=O) groups is 3. The lowest BCUT2D eigenvalue weighted by Crippen LogP contribution is -2.60. The molecular weight excluding hydrogens is 412 g/mol. The Hall–Kier alpha value is -2.25. The zero-order valence-electron chi connectivity index (χ0n) is 18.1. The van der Waals surface area contributed by atoms with Crippen molar-refractivity contribution in [3.8, 4) is 0 Å². The molecule has 2 aliphatic rings. The number of nitrogens with one attached hydrogen (secondary N) is 2. The number of Topliss-reactive ketones (excluding diaryl/α,β-unsaturated/α-hetero) is 1. The molecule has 2 fully saturated rings. The second kappa shape index (κ2) is 9.09. The number of hydrogen-bond acceptors (Lipinski definition) is 5. The standard InChI is InChI=1S/C24H30N2O4S/c1-15-24(2,21(27)14-30-15)26-22(28)18(12-16-8-4-3-5-9-16)25-23(29)20-13-17-10-6-7-11-19(17)31-20/h6-7,10-11,13,15-16,18H,3-5,8-9,12,14H2,1-2H3,(H,25,29)(H,26,28). The number of hydrogen-bond donors (Lipinski definition) is 2. The van der Waals surface area contributed by atoms with E-state index in [4.69, 9.17) is 4.74 Å². The monoisotopic (exact) mass is 442 g/mol. The second-order valence-corrected chi connectivity index (χ2v) is 10.1. The highest BCUT2D eigenvalue weighted by molar-refractivity contribution is 7.20. The summed E-state index contributed by atoms with van der Waals surface area (Å²) in [6.45, 7) is 3.49. The summed E-state index contributed by atoms with van der Waals surface area (Å²) in [4.78, 5) is 39.3. The van der Waals surface area contributed by atoms with Crippen LogP contribution in [0.25, 0.3) is 10.1 Å². The van der Waals surface area contributed by atoms with Gasteiger partial charge in [0.2, 0.25) is 5.91 Å². The molecular formula is C24H30N2O4S. The molecule has 2 aromatic rings. The summed E-state index contributed by atoms with van der Waals surface area (Å²) in [7, 11) is 0. The highest BCUT2D eigenvalue weighted by Gasteiger charge is 2.47. The summed E-state index contributed by atoms with van der Waals surface area (Å²) >= 11 is 1.42. The van der Waals surface area contributed by atoms with Crippen molar-refractivity contribution >= 4 is 39.0 Å². The largest absolute Gasteiger partial charge is 0.368 e. The maximum Gasteiger partial charge on any atom is 0.262 e. The Kier molecular flexibility index (Phi) is 6.44. The number of amides is 2. The molecule has 1 aliphatic heterocycles. The van der Waals surface area contributed by atoms with Crippen LogP contribution in [0, 0.1) is 5.92 Å². The Bertz CT molecular complexity index is 948. The van der Waals surface area contributed by atoms with E-state index in [1.54, 1.807) is 13.8 Å². The Balaban J connectivity index is 1.52. The van der Waals surface area contributed by atoms with Crippen LogP contribution >= 0.6 is 11.3 Å². The number of carbonyl (C=O) groups excluding carboxylic acids is 3. The van der Waals surface area contributed by atoms with Crippen LogP contribution in [0.1, 0.15) is 62.0 Å². The molecule has 2 amide bonds. The van der Waals surface area contributed by atoms with Crippen LogP contribution in [0.4, 0.5) is 0 Å². The molecule has 4 rings (SSSR count). The van der Waals surface area contributed by atoms with Crippen molar-refractivity contribution < 1.29 is 19.1 Å². The average molecular weight is 443 g/mol. The molecule has 6 nitrogen and oxygen atoms in total. The van der Waals surface area contributed by atoms with E-state index in [0.29, 0.717) is 17.2 Å². The number of ketones is 1. The summed E-state index contributed by atoms with van der Waals surface area (Å²) in [5.41, 5.74) is -1.07. The molecule has 0 spiro atoms. The van der Waals surface area contributed by atoms with Gasteiger partial charge in [-0.3, -0.25) is 14.4 Å². The lowest BCUT2D eigenvalue weighted by atomic mass is 9.84. The van der Waals surface area contributed by atoms with Crippen LogP contribution in [-0.4, -0.2) is 41.9 Å². The van der Waals surface area contributed by atoms with E-state index in [-0.39, 0.29) is 24.2 Å². The fourth-order valence-corrected chi connectivity index (χ4v) is 5.54. The lowest BCUT2D eigenvalue weighted by molar-refractivity contribution is -0.131. The van der Waals surface area contributed by atoms with Crippen molar-refractivity contribution in [2.45, 2.75) is 70.1 Å². The van der Waals surface area contributed by atoms with Crippen LogP contribution in [0.15, 0.2) is 30.3 Å². The first-order valence-electron chi connectivity index (χ1n) is 11.1. The summed E-state index contributed by atoms with van der Waals surface area (Å²) in [5.74, 6) is -0.300. The quantitative estimate of drug-likeness (QED) is 0.712. The van der Waals surface area contributed by atoms with E-state index in [1.165, 1.54) is 17.8 Å². The maximum atomic E-state index is 13.3. The van der Waals surface area contributed by atoms with Gasteiger partial charge in [-0.25, -0.2) is 0 Å². The van der Waals surface area contributed by atoms with Crippen LogP contribution in [0.2, 0.25) is 0 Å². The van der Waals surface area contributed by atoms with Gasteiger partial charge in [-0.1, -0.05) is 50.3 Å². The molecule has 1 aromatic carbocycles. The second-order valence-electron chi connectivity index (χ2n) is 8.98. The molecule has 0 bridgehead atoms. The van der Waals surface area contributed by atoms with Gasteiger partial charge in [-0.2, -0.15) is 0 Å². The van der Waals surface area contributed by atoms with E-state index >= 15 is 0 Å². The molecule has 7 heteroatoms. The fraction of sp³-hybridized carbons (Fsp3) is 0.542. The molecule has 1 saturated carbocycles. The minimum Gasteiger partial charge on any atom is -0.368 e. The molecule has 1 saturated heterocycles. The molecule has 2 heterocycles. The minimum absolute atomic E-state index is 0.000613. The summed E-state index contributed by atoms with van der Waals surface area (Å²) < 4.78 is 6.48. The molecule has 166 valence electrons. The highest BCUT2D eigenvalue weighted by atomic mass is 32.1. The Morgan fingerprint density at radius 3 is 2.65 bits per heavy atom. The first kappa shape index (κ1) is 22.0. The summed E-state index contributed by atoms with van der Waals surface area (Å²) in [6, 6.07) is 9.03. The predicted molar refractivity (Wildman–Crippen MR) is 121 cm³/mol. The highest BCUT2D eigenvalue weighted by Crippen LogP contribution is 2.29. The first-order chi connectivity index (χ1) is 14.9. The lowest BCUT2D eigenvalue weighted by Gasteiger charge is -2.31. The van der Waals surface area contributed by atoms with E-state index < -0.39 is 17.7 Å². The van der Waals surface area contributed by atoms with Crippen molar-refractivity contribution in [1.29, 1.82) is 0 Å². The zero-order valence-corrected chi connectivity index (χ0v) is 18.9. The van der Waals surface area contributed by atoms with E-state index in [1.807, 2.05) is 30.3 Å². The van der Waals surface area contributed by atoms with E-state index in [0.717, 1.165) is 35.8 Å². The molecule has 2 N–H and O–H groups in total. The minimum atomic E-state index is -1.07. The normalized spacial score (nSPS) is 25.5. The van der Waals surface area contributed by atoms with E-state index in [9.17, 15) is 14.4 Å². The van der Waals surface area contributed by atoms with Gasteiger partial charge in [0.1, 0.15) is 18.2 Å². The van der Waals surface area contributed by atoms with Crippen LogP contribution in [-0.2, 0) is 14.3 Å². The molecule has 0 radical (unpaired) electrons. The third-order valence-electron chi connectivity index (χ3n) is 6.80. The van der Waals surface area contributed by atoms with Gasteiger partial charge in [0, 0.05) is 4.70 Å². The van der Waals surface area contributed by atoms with Crippen LogP contribution < -0.4 is 10.6 Å². The van der Waals surface area contributed by atoms with Gasteiger partial charge >= 0.3 is 0 Å². The number of benzene rings is 1. The summed E-state index contributed by atoms with van der Waals surface area (Å²) in [6.07, 6.45) is 5.85. The van der Waals surface area contributed by atoms with Crippen molar-refractivity contribution in [2.75, 3.05) is 6.61 Å². The molecule has 1 aliphatic carbocycles. The Morgan fingerprint density at radius 2 is 1.97 bits per heavy atom. The van der Waals surface area contributed by atoms with Gasteiger partial charge in [0.05, 0.1) is 11.0 Å². The number of fused-ring (bicyclic) bond motifs is 1. The molecule has 1 aromatic heterocycles. The third-order valence-corrected chi connectivity index (χ3v) is 7.92. The maximum absolute atomic E-state index is 13.3. The predicted octanol–water partition coefficient (Wildman–Crippen LogP) is 3.83. The topological polar surface area (TPSA) is 84.5 Å². The molecule has 31 heavy (non-hydrogen) atoms. The van der Waals surface area contributed by atoms with Gasteiger partial charge in [0.25, 0.3) is 5.91 Å². The SMILES string of the molecule is CC1OCC(=O)C1(C)NC(=O)C(CC1CCCCC1)NC(=O)c1cc2ccccc2s1. The van der Waals surface area contributed by atoms with Crippen molar-refractivity contribution in [2.24, 2.45) is 5.92 Å². The van der Waals surface area contributed by atoms with E-state index in [2.05, 4.69) is 10.6 Å². The smallest absolute Gasteiger partial charge is 0.262 e. The fourth-order valence-electron chi connectivity index (χ4n) is 4.57. The number of rotatable bonds is 6. The first-order valence-corrected chi connectivity index (χ1v) is 11.9. The number of ether oxygens (including phenoxy) is 1. The molecule has 3 atom stereocenters. The Labute approximate surface area is 186 Å². The summed E-state index contributed by atoms with van der Waals surface area (Å²) in [5, 5.41) is 6.89. The van der Waals surface area contributed by atoms with Gasteiger partial charge in [-0.05, 0) is 43.7 Å². The average Bonchev–Trinajstić information content (AvgIpc) is 3.31. The van der Waals surface area contributed by atoms with Crippen LogP contribution in [0.5, 0.6) is 0 Å². The van der Waals surface area contributed by atoms with Crippen molar-refractivity contribution in [1.82, 2.24) is 10.6 Å². The third kappa shape index (κ3) is 4.67. The van der Waals surface area contributed by atoms with Gasteiger partial charge < -0.3 is 15.4 Å². The van der Waals surface area contributed by atoms with Crippen molar-refractivity contribution in [3.63, 3.8) is 0 Å². The Morgan fingerprint density at radius 1 is 1.23 bits per heavy atom. The van der Waals surface area contributed by atoms with Crippen molar-refractivity contribution in [3.05, 3.63) is 35.2 Å².